The first-order valence-electron chi connectivity index (χ1n) is 8.59. The van der Waals surface area contributed by atoms with Crippen LogP contribution >= 0.6 is 0 Å². The molecule has 1 heterocycles. The number of amides is 1. The summed E-state index contributed by atoms with van der Waals surface area (Å²) in [6.07, 6.45) is 6.47. The van der Waals surface area contributed by atoms with E-state index in [4.69, 9.17) is 0 Å². The summed E-state index contributed by atoms with van der Waals surface area (Å²) >= 11 is 0. The molecule has 0 N–H and O–H groups in total. The summed E-state index contributed by atoms with van der Waals surface area (Å²) in [7, 11) is 0. The zero-order chi connectivity index (χ0) is 14.9. The molecule has 1 aromatic carbocycles. The summed E-state index contributed by atoms with van der Waals surface area (Å²) < 4.78 is 0. The van der Waals surface area contributed by atoms with Gasteiger partial charge in [0.15, 0.2) is 0 Å². The van der Waals surface area contributed by atoms with Gasteiger partial charge in [0, 0.05) is 18.2 Å². The summed E-state index contributed by atoms with van der Waals surface area (Å²) in [5.74, 6) is 1.90. The molecule has 112 valence electrons. The number of benzene rings is 1. The number of fused-ring (bicyclic) bond motifs is 3. The molecule has 1 aromatic rings. The van der Waals surface area contributed by atoms with Gasteiger partial charge in [-0.25, -0.2) is 0 Å². The van der Waals surface area contributed by atoms with Gasteiger partial charge in [-0.2, -0.15) is 5.26 Å². The average molecular weight is 292 g/mol. The van der Waals surface area contributed by atoms with Crippen molar-refractivity contribution in [1.29, 1.82) is 5.26 Å². The molecule has 3 fully saturated rings. The SMILES string of the molecule is N#CC1(c2ccc3c(c2)[C@H]2CC2CN3C(=O)C2CC2)CCC1. The number of anilines is 1. The van der Waals surface area contributed by atoms with Crippen LogP contribution in [-0.2, 0) is 10.2 Å². The molecule has 3 nitrogen and oxygen atoms in total. The molecule has 0 spiro atoms. The quantitative estimate of drug-likeness (QED) is 0.837. The van der Waals surface area contributed by atoms with Crippen molar-refractivity contribution in [2.24, 2.45) is 11.8 Å². The van der Waals surface area contributed by atoms with Gasteiger partial charge in [-0.05, 0) is 67.6 Å². The van der Waals surface area contributed by atoms with Crippen molar-refractivity contribution in [1.82, 2.24) is 0 Å². The number of hydrogen-bond donors (Lipinski definition) is 0. The van der Waals surface area contributed by atoms with Gasteiger partial charge < -0.3 is 4.90 Å². The standard InChI is InChI=1S/C19H20N2O/c20-11-19(6-1-7-19)14-4-5-17-16(9-14)15-8-13(15)10-21(17)18(22)12-2-3-12/h4-5,9,12-13,15H,1-3,6-8,10H2/t13?,15-/m0/s1. The van der Waals surface area contributed by atoms with Gasteiger partial charge in [0.2, 0.25) is 5.91 Å². The average Bonchev–Trinajstić information content (AvgIpc) is 3.37. The molecule has 1 amide bonds. The smallest absolute Gasteiger partial charge is 0.230 e. The molecule has 0 radical (unpaired) electrons. The van der Waals surface area contributed by atoms with Gasteiger partial charge in [-0.1, -0.05) is 12.1 Å². The third-order valence-electron chi connectivity index (χ3n) is 6.22. The van der Waals surface area contributed by atoms with E-state index in [0.29, 0.717) is 17.7 Å². The van der Waals surface area contributed by atoms with Gasteiger partial charge in [-0.15, -0.1) is 0 Å². The highest BCUT2D eigenvalue weighted by atomic mass is 16.2. The van der Waals surface area contributed by atoms with Crippen LogP contribution in [0.3, 0.4) is 0 Å². The Labute approximate surface area is 130 Å². The first-order chi connectivity index (χ1) is 10.7. The van der Waals surface area contributed by atoms with E-state index in [2.05, 4.69) is 24.3 Å². The number of carbonyl (C=O) groups is 1. The molecule has 0 saturated heterocycles. The molecule has 3 saturated carbocycles. The first kappa shape index (κ1) is 12.7. The minimum Gasteiger partial charge on any atom is -0.312 e. The topological polar surface area (TPSA) is 44.1 Å². The van der Waals surface area contributed by atoms with E-state index in [-0.39, 0.29) is 11.3 Å². The van der Waals surface area contributed by atoms with Crippen molar-refractivity contribution in [3.63, 3.8) is 0 Å². The Morgan fingerprint density at radius 2 is 2.14 bits per heavy atom. The second-order valence-electron chi connectivity index (χ2n) is 7.65. The first-order valence-corrected chi connectivity index (χ1v) is 8.59. The van der Waals surface area contributed by atoms with E-state index in [1.54, 1.807) is 0 Å². The van der Waals surface area contributed by atoms with Crippen LogP contribution in [0.5, 0.6) is 0 Å². The van der Waals surface area contributed by atoms with Crippen LogP contribution in [0.15, 0.2) is 18.2 Å². The van der Waals surface area contributed by atoms with Gasteiger partial charge >= 0.3 is 0 Å². The predicted octanol–water partition coefficient (Wildman–Crippen LogP) is 3.49. The van der Waals surface area contributed by atoms with Crippen LogP contribution in [-0.4, -0.2) is 12.5 Å². The zero-order valence-electron chi connectivity index (χ0n) is 12.7. The molecule has 22 heavy (non-hydrogen) atoms. The van der Waals surface area contributed by atoms with Crippen LogP contribution in [0.1, 0.15) is 55.6 Å². The minimum atomic E-state index is -0.248. The van der Waals surface area contributed by atoms with Gasteiger partial charge in [0.25, 0.3) is 0 Å². The zero-order valence-corrected chi connectivity index (χ0v) is 12.7. The van der Waals surface area contributed by atoms with Crippen molar-refractivity contribution in [3.05, 3.63) is 29.3 Å². The molecule has 2 atom stereocenters. The second-order valence-corrected chi connectivity index (χ2v) is 7.65. The summed E-state index contributed by atoms with van der Waals surface area (Å²) in [6, 6.07) is 9.04. The Morgan fingerprint density at radius 3 is 2.77 bits per heavy atom. The Morgan fingerprint density at radius 1 is 1.32 bits per heavy atom. The van der Waals surface area contributed by atoms with E-state index in [9.17, 15) is 10.1 Å². The number of hydrogen-bond acceptors (Lipinski definition) is 2. The third-order valence-corrected chi connectivity index (χ3v) is 6.22. The Hall–Kier alpha value is -1.82. The van der Waals surface area contributed by atoms with Gasteiger partial charge in [0.05, 0.1) is 11.5 Å². The van der Waals surface area contributed by atoms with Crippen LogP contribution in [0, 0.1) is 23.2 Å². The largest absolute Gasteiger partial charge is 0.312 e. The summed E-state index contributed by atoms with van der Waals surface area (Å²) in [6.45, 7) is 0.912. The van der Waals surface area contributed by atoms with Crippen LogP contribution in [0.2, 0.25) is 0 Å². The lowest BCUT2D eigenvalue weighted by atomic mass is 9.65. The fourth-order valence-corrected chi connectivity index (χ4v) is 4.31. The van der Waals surface area contributed by atoms with Crippen LogP contribution in [0.25, 0.3) is 0 Å². The van der Waals surface area contributed by atoms with Crippen molar-refractivity contribution >= 4 is 11.6 Å². The number of carbonyl (C=O) groups excluding carboxylic acids is 1. The highest BCUT2D eigenvalue weighted by Gasteiger charge is 2.49. The normalized spacial score (nSPS) is 30.6. The summed E-state index contributed by atoms with van der Waals surface area (Å²) in [5, 5.41) is 9.58. The molecule has 1 aliphatic heterocycles. The van der Waals surface area contributed by atoms with Crippen molar-refractivity contribution in [2.75, 3.05) is 11.4 Å². The molecule has 4 aliphatic rings. The lowest BCUT2D eigenvalue weighted by molar-refractivity contribution is -0.119. The van der Waals surface area contributed by atoms with Crippen LogP contribution < -0.4 is 4.90 Å². The van der Waals surface area contributed by atoms with Crippen molar-refractivity contribution in [2.45, 2.75) is 49.9 Å². The van der Waals surface area contributed by atoms with Crippen molar-refractivity contribution < 1.29 is 4.79 Å². The molecule has 3 heteroatoms. The minimum absolute atomic E-state index is 0.248. The molecular weight excluding hydrogens is 272 g/mol. The molecule has 1 unspecified atom stereocenters. The Balaban J connectivity index is 1.56. The fourth-order valence-electron chi connectivity index (χ4n) is 4.31. The molecule has 5 rings (SSSR count). The second kappa shape index (κ2) is 4.13. The van der Waals surface area contributed by atoms with Gasteiger partial charge in [-0.3, -0.25) is 4.79 Å². The van der Waals surface area contributed by atoms with E-state index in [1.165, 1.54) is 17.5 Å². The number of nitrogens with zero attached hydrogens (tertiary/aromatic N) is 2. The Kier molecular flexibility index (Phi) is 2.38. The third kappa shape index (κ3) is 1.64. The van der Waals surface area contributed by atoms with Gasteiger partial charge in [0.1, 0.15) is 0 Å². The molecular formula is C19H20N2O. The van der Waals surface area contributed by atoms with Crippen molar-refractivity contribution in [3.8, 4) is 6.07 Å². The fraction of sp³-hybridized carbons (Fsp3) is 0.579. The van der Waals surface area contributed by atoms with E-state index >= 15 is 0 Å². The predicted molar refractivity (Wildman–Crippen MR) is 83.5 cm³/mol. The maximum Gasteiger partial charge on any atom is 0.230 e. The maximum atomic E-state index is 12.6. The summed E-state index contributed by atoms with van der Waals surface area (Å²) in [4.78, 5) is 14.6. The summed E-state index contributed by atoms with van der Waals surface area (Å²) in [5.41, 5.74) is 3.41. The highest BCUT2D eigenvalue weighted by Crippen LogP contribution is 2.56. The van der Waals surface area contributed by atoms with E-state index in [0.717, 1.165) is 44.3 Å². The van der Waals surface area contributed by atoms with E-state index < -0.39 is 0 Å². The van der Waals surface area contributed by atoms with Crippen LogP contribution in [0.4, 0.5) is 5.69 Å². The number of nitriles is 1. The van der Waals surface area contributed by atoms with E-state index in [1.807, 2.05) is 4.90 Å². The monoisotopic (exact) mass is 292 g/mol. The number of rotatable bonds is 2. The lowest BCUT2D eigenvalue weighted by Crippen LogP contribution is -2.37. The maximum absolute atomic E-state index is 12.6. The molecule has 0 bridgehead atoms. The Bertz CT molecular complexity index is 709. The molecule has 3 aliphatic carbocycles. The molecule has 0 aromatic heterocycles. The lowest BCUT2D eigenvalue weighted by Gasteiger charge is -2.37. The highest BCUT2D eigenvalue weighted by molar-refractivity contribution is 5.98.